The fraction of sp³-hybridized carbons (Fsp3) is 0.429. The van der Waals surface area contributed by atoms with Crippen LogP contribution >= 0.6 is 11.8 Å². The lowest BCUT2D eigenvalue weighted by Gasteiger charge is -2.41. The van der Waals surface area contributed by atoms with Crippen molar-refractivity contribution < 1.29 is 19.1 Å². The molecule has 2 rings (SSSR count). The molecule has 0 radical (unpaired) electrons. The Morgan fingerprint density at radius 3 is 2.55 bits per heavy atom. The molecule has 0 bridgehead atoms. The number of carbonyl (C=O) groups is 2. The summed E-state index contributed by atoms with van der Waals surface area (Å²) in [7, 11) is 0. The molecule has 0 spiro atoms. The van der Waals surface area contributed by atoms with E-state index in [4.69, 9.17) is 5.11 Å². The third-order valence-corrected chi connectivity index (χ3v) is 4.53. The van der Waals surface area contributed by atoms with Crippen LogP contribution in [0.5, 0.6) is 0 Å². The first-order valence-corrected chi connectivity index (χ1v) is 7.35. The topological polar surface area (TPSA) is 57.6 Å². The normalized spacial score (nSPS) is 16.6. The molecule has 1 N–H and O–H groups in total. The van der Waals surface area contributed by atoms with Gasteiger partial charge in [-0.3, -0.25) is 9.59 Å². The number of carboxylic acid groups (broad SMARTS) is 1. The number of halogens is 1. The molecule has 20 heavy (non-hydrogen) atoms. The minimum absolute atomic E-state index is 0.00633. The Bertz CT molecular complexity index is 500. The van der Waals surface area contributed by atoms with Crippen molar-refractivity contribution in [1.82, 2.24) is 4.90 Å². The molecule has 0 saturated carbocycles. The zero-order valence-corrected chi connectivity index (χ0v) is 11.9. The fourth-order valence-corrected chi connectivity index (χ4v) is 2.80. The van der Waals surface area contributed by atoms with E-state index in [9.17, 15) is 14.0 Å². The second-order valence-electron chi connectivity index (χ2n) is 4.93. The number of likely N-dealkylation sites (tertiary alicyclic amines) is 1. The highest BCUT2D eigenvalue weighted by Gasteiger charge is 2.36. The molecule has 1 atom stereocenters. The summed E-state index contributed by atoms with van der Waals surface area (Å²) >= 11 is 1.36. The zero-order valence-electron chi connectivity index (χ0n) is 11.1. The van der Waals surface area contributed by atoms with Gasteiger partial charge in [0.2, 0.25) is 5.91 Å². The molecule has 108 valence electrons. The maximum atomic E-state index is 12.7. The van der Waals surface area contributed by atoms with Crippen LogP contribution in [0.25, 0.3) is 0 Å². The van der Waals surface area contributed by atoms with Gasteiger partial charge in [-0.1, -0.05) is 6.92 Å². The van der Waals surface area contributed by atoms with Crippen LogP contribution in [0.4, 0.5) is 4.39 Å². The highest BCUT2D eigenvalue weighted by molar-refractivity contribution is 8.00. The van der Waals surface area contributed by atoms with Crippen LogP contribution in [-0.2, 0) is 9.59 Å². The number of amides is 1. The van der Waals surface area contributed by atoms with Crippen molar-refractivity contribution >= 4 is 23.6 Å². The molecule has 1 saturated heterocycles. The Kier molecular flexibility index (Phi) is 4.65. The Hall–Kier alpha value is -1.56. The summed E-state index contributed by atoms with van der Waals surface area (Å²) in [5.74, 6) is -1.19. The molecule has 1 aromatic rings. The van der Waals surface area contributed by atoms with Crippen LogP contribution in [0.1, 0.15) is 6.92 Å². The van der Waals surface area contributed by atoms with Crippen molar-refractivity contribution in [2.75, 3.05) is 18.8 Å². The van der Waals surface area contributed by atoms with Crippen molar-refractivity contribution in [2.24, 2.45) is 11.8 Å². The highest BCUT2D eigenvalue weighted by atomic mass is 32.2. The maximum Gasteiger partial charge on any atom is 0.306 e. The quantitative estimate of drug-likeness (QED) is 0.846. The van der Waals surface area contributed by atoms with E-state index in [1.807, 2.05) is 0 Å². The summed E-state index contributed by atoms with van der Waals surface area (Å²) in [5.41, 5.74) is 0. The van der Waals surface area contributed by atoms with Crippen LogP contribution in [0.3, 0.4) is 0 Å². The van der Waals surface area contributed by atoms with Gasteiger partial charge in [-0.2, -0.15) is 0 Å². The number of hydrogen-bond acceptors (Lipinski definition) is 3. The third-order valence-electron chi connectivity index (χ3n) is 3.54. The van der Waals surface area contributed by atoms with Crippen molar-refractivity contribution in [3.05, 3.63) is 30.1 Å². The number of benzene rings is 1. The lowest BCUT2D eigenvalue weighted by Crippen LogP contribution is -2.54. The smallest absolute Gasteiger partial charge is 0.306 e. The molecule has 1 aliphatic rings. The van der Waals surface area contributed by atoms with Gasteiger partial charge in [0.25, 0.3) is 0 Å². The molecule has 0 aliphatic carbocycles. The average Bonchev–Trinajstić information content (AvgIpc) is 2.36. The van der Waals surface area contributed by atoms with Crippen molar-refractivity contribution in [3.63, 3.8) is 0 Å². The molecule has 4 nitrogen and oxygen atoms in total. The Morgan fingerprint density at radius 1 is 1.40 bits per heavy atom. The van der Waals surface area contributed by atoms with Gasteiger partial charge in [-0.25, -0.2) is 4.39 Å². The monoisotopic (exact) mass is 297 g/mol. The molecule has 1 aromatic carbocycles. The molecule has 6 heteroatoms. The molecular formula is C14H16FNO3S. The van der Waals surface area contributed by atoms with Crippen molar-refractivity contribution in [1.29, 1.82) is 0 Å². The summed E-state index contributed by atoms with van der Waals surface area (Å²) in [6, 6.07) is 6.00. The van der Waals surface area contributed by atoms with Crippen LogP contribution in [0, 0.1) is 17.7 Å². The lowest BCUT2D eigenvalue weighted by atomic mass is 9.87. The van der Waals surface area contributed by atoms with Gasteiger partial charge >= 0.3 is 5.97 Å². The standard InChI is InChI=1S/C14H16FNO3S/c1-9(14(18)19)10-6-16(7-10)13(17)8-20-12-4-2-11(15)3-5-12/h2-5,9-10H,6-8H2,1H3,(H,18,19). The van der Waals surface area contributed by atoms with Crippen molar-refractivity contribution in [2.45, 2.75) is 11.8 Å². The van der Waals surface area contributed by atoms with E-state index in [0.29, 0.717) is 18.8 Å². The SMILES string of the molecule is CC(C(=O)O)C1CN(C(=O)CSc2ccc(F)cc2)C1. The predicted molar refractivity (Wildman–Crippen MR) is 74.0 cm³/mol. The lowest BCUT2D eigenvalue weighted by molar-refractivity contribution is -0.149. The zero-order chi connectivity index (χ0) is 14.7. The largest absolute Gasteiger partial charge is 0.481 e. The first-order chi connectivity index (χ1) is 9.47. The summed E-state index contributed by atoms with van der Waals surface area (Å²) in [5, 5.41) is 8.88. The summed E-state index contributed by atoms with van der Waals surface area (Å²) < 4.78 is 12.7. The number of aliphatic carboxylic acids is 1. The van der Waals surface area contributed by atoms with E-state index >= 15 is 0 Å². The molecular weight excluding hydrogens is 281 g/mol. The number of hydrogen-bond donors (Lipinski definition) is 1. The minimum Gasteiger partial charge on any atom is -0.481 e. The molecule has 1 unspecified atom stereocenters. The van der Waals surface area contributed by atoms with E-state index < -0.39 is 11.9 Å². The van der Waals surface area contributed by atoms with E-state index in [2.05, 4.69) is 0 Å². The Morgan fingerprint density at radius 2 is 2.00 bits per heavy atom. The van der Waals surface area contributed by atoms with Gasteiger partial charge in [0, 0.05) is 23.9 Å². The number of carbonyl (C=O) groups excluding carboxylic acids is 1. The number of rotatable bonds is 5. The van der Waals surface area contributed by atoms with Gasteiger partial charge < -0.3 is 10.0 Å². The summed E-state index contributed by atoms with van der Waals surface area (Å²) in [6.45, 7) is 2.69. The van der Waals surface area contributed by atoms with Gasteiger partial charge in [0.05, 0.1) is 11.7 Å². The van der Waals surface area contributed by atoms with Crippen LogP contribution < -0.4 is 0 Å². The minimum atomic E-state index is -0.817. The Labute approximate surface area is 121 Å². The number of thioether (sulfide) groups is 1. The van der Waals surface area contributed by atoms with Crippen LogP contribution in [-0.4, -0.2) is 40.7 Å². The van der Waals surface area contributed by atoms with Gasteiger partial charge in [-0.15, -0.1) is 11.8 Å². The molecule has 1 heterocycles. The first-order valence-electron chi connectivity index (χ1n) is 6.36. The average molecular weight is 297 g/mol. The summed E-state index contributed by atoms with van der Waals surface area (Å²) in [4.78, 5) is 25.2. The molecule has 1 amide bonds. The van der Waals surface area contributed by atoms with Crippen LogP contribution in [0.15, 0.2) is 29.2 Å². The van der Waals surface area contributed by atoms with Crippen molar-refractivity contribution in [3.8, 4) is 0 Å². The summed E-state index contributed by atoms with van der Waals surface area (Å²) in [6.07, 6.45) is 0. The van der Waals surface area contributed by atoms with Gasteiger partial charge in [0.1, 0.15) is 5.82 Å². The second kappa shape index (κ2) is 6.26. The van der Waals surface area contributed by atoms with Gasteiger partial charge in [0.15, 0.2) is 0 Å². The third kappa shape index (κ3) is 3.50. The first kappa shape index (κ1) is 14.8. The molecule has 0 aromatic heterocycles. The predicted octanol–water partition coefficient (Wildman–Crippen LogP) is 2.10. The van der Waals surface area contributed by atoms with E-state index in [1.54, 1.807) is 24.0 Å². The molecule has 1 fully saturated rings. The highest BCUT2D eigenvalue weighted by Crippen LogP contribution is 2.26. The van der Waals surface area contributed by atoms with E-state index in [1.165, 1.54) is 23.9 Å². The van der Waals surface area contributed by atoms with E-state index in [0.717, 1.165) is 4.90 Å². The number of carboxylic acids is 1. The number of nitrogens with zero attached hydrogens (tertiary/aromatic N) is 1. The molecule has 1 aliphatic heterocycles. The van der Waals surface area contributed by atoms with Crippen LogP contribution in [0.2, 0.25) is 0 Å². The maximum absolute atomic E-state index is 12.7. The second-order valence-corrected chi connectivity index (χ2v) is 5.98. The van der Waals surface area contributed by atoms with Gasteiger partial charge in [-0.05, 0) is 24.3 Å². The fourth-order valence-electron chi connectivity index (χ4n) is 2.00. The Balaban J connectivity index is 1.75. The van der Waals surface area contributed by atoms with E-state index in [-0.39, 0.29) is 17.6 Å².